The highest BCUT2D eigenvalue weighted by Crippen LogP contribution is 2.09. The van der Waals surface area contributed by atoms with E-state index < -0.39 is 5.97 Å². The average molecular weight is 412 g/mol. The molecule has 0 aromatic carbocycles. The maximum Gasteiger partial charge on any atom is 0.0414 e. The van der Waals surface area contributed by atoms with E-state index in [1.54, 1.807) is 0 Å². The lowest BCUT2D eigenvalue weighted by Crippen LogP contribution is -2.21. The van der Waals surface area contributed by atoms with Gasteiger partial charge in [-0.2, -0.15) is 0 Å². The molecule has 0 aromatic heterocycles. The quantitative estimate of drug-likeness (QED) is 0.153. The molecular weight excluding hydrogens is 368 g/mol. The van der Waals surface area contributed by atoms with Gasteiger partial charge in [-0.05, 0) is 64.2 Å². The Hall–Kier alpha value is -2.09. The fraction of sp³-hybridized carbons (Fsp3) is 0.536. The highest BCUT2D eigenvalue weighted by atomic mass is 16.4. The zero-order valence-corrected chi connectivity index (χ0v) is 19.1. The number of hydrogen-bond donors (Lipinski definition) is 0. The minimum Gasteiger partial charge on any atom is -0.550 e. The fourth-order valence-electron chi connectivity index (χ4n) is 2.88. The summed E-state index contributed by atoms with van der Waals surface area (Å²) in [4.78, 5) is 10.3. The van der Waals surface area contributed by atoms with Crippen LogP contribution in [-0.4, -0.2) is 5.97 Å². The molecule has 168 valence electrons. The maximum atomic E-state index is 10.3. The monoisotopic (exact) mass is 411 g/mol. The van der Waals surface area contributed by atoms with Crippen LogP contribution < -0.4 is 5.11 Å². The summed E-state index contributed by atoms with van der Waals surface area (Å²) in [5.41, 5.74) is 0. The molecule has 0 atom stereocenters. The van der Waals surface area contributed by atoms with Crippen LogP contribution in [0, 0.1) is 0 Å². The van der Waals surface area contributed by atoms with Crippen molar-refractivity contribution >= 4 is 5.97 Å². The van der Waals surface area contributed by atoms with Crippen molar-refractivity contribution in [2.45, 2.75) is 96.8 Å². The van der Waals surface area contributed by atoms with Crippen molar-refractivity contribution in [1.82, 2.24) is 0 Å². The SMILES string of the molecule is CC/C=C\C/C=C\C/C=C\C/C=C\C/C=C\C/C=C\CCCCCCCCC(=O)[O-]. The van der Waals surface area contributed by atoms with Gasteiger partial charge in [-0.25, -0.2) is 0 Å². The Bertz CT molecular complexity index is 547. The molecular formula is C28H43O2-. The Morgan fingerprint density at radius 2 is 0.900 bits per heavy atom. The van der Waals surface area contributed by atoms with Gasteiger partial charge in [0.05, 0.1) is 0 Å². The first-order valence-electron chi connectivity index (χ1n) is 11.9. The second-order valence-corrected chi connectivity index (χ2v) is 7.45. The van der Waals surface area contributed by atoms with Crippen molar-refractivity contribution in [3.63, 3.8) is 0 Å². The number of unbranched alkanes of at least 4 members (excludes halogenated alkanes) is 6. The molecule has 0 unspecified atom stereocenters. The van der Waals surface area contributed by atoms with E-state index in [-0.39, 0.29) is 6.42 Å². The first kappa shape index (κ1) is 27.9. The standard InChI is InChI=1S/C28H44O2/c1-2-3-4-5-6-7-8-9-10-11-12-13-14-15-16-17-18-19-20-21-22-23-24-25-26-27-28(29)30/h3-4,6-7,9-10,12-13,15-16,18-19H,2,5,8,11,14,17,20-27H2,1H3,(H,29,30)/p-1/b4-3-,7-6-,10-9-,13-12-,16-15-,19-18-. The number of aliphatic carboxylic acids is 1. The number of rotatable bonds is 20. The van der Waals surface area contributed by atoms with Gasteiger partial charge >= 0.3 is 0 Å². The molecule has 0 saturated heterocycles. The van der Waals surface area contributed by atoms with E-state index in [2.05, 4.69) is 79.8 Å². The molecule has 0 aliphatic rings. The predicted octanol–water partition coefficient (Wildman–Crippen LogP) is 7.55. The molecule has 0 rings (SSSR count). The second-order valence-electron chi connectivity index (χ2n) is 7.45. The number of carbonyl (C=O) groups excluding carboxylic acids is 1. The van der Waals surface area contributed by atoms with Gasteiger partial charge in [0.2, 0.25) is 0 Å². The van der Waals surface area contributed by atoms with Crippen LogP contribution in [0.3, 0.4) is 0 Å². The van der Waals surface area contributed by atoms with Crippen LogP contribution >= 0.6 is 0 Å². The smallest absolute Gasteiger partial charge is 0.0414 e. The number of carbonyl (C=O) groups is 1. The molecule has 0 fully saturated rings. The van der Waals surface area contributed by atoms with Crippen LogP contribution in [-0.2, 0) is 4.79 Å². The zero-order chi connectivity index (χ0) is 22.0. The average Bonchev–Trinajstić information content (AvgIpc) is 2.73. The van der Waals surface area contributed by atoms with Crippen LogP contribution in [0.25, 0.3) is 0 Å². The molecule has 0 N–H and O–H groups in total. The molecule has 0 saturated carbocycles. The molecule has 0 amide bonds. The first-order valence-corrected chi connectivity index (χ1v) is 11.9. The fourth-order valence-corrected chi connectivity index (χ4v) is 2.88. The van der Waals surface area contributed by atoms with Crippen LogP contribution in [0.5, 0.6) is 0 Å². The van der Waals surface area contributed by atoms with Gasteiger partial charge in [-0.1, -0.05) is 106 Å². The molecule has 0 aliphatic heterocycles. The van der Waals surface area contributed by atoms with E-state index in [4.69, 9.17) is 0 Å². The van der Waals surface area contributed by atoms with Crippen LogP contribution in [0.15, 0.2) is 72.9 Å². The van der Waals surface area contributed by atoms with Crippen LogP contribution in [0.2, 0.25) is 0 Å². The number of hydrogen-bond acceptors (Lipinski definition) is 2. The highest BCUT2D eigenvalue weighted by molar-refractivity contribution is 5.64. The Labute approximate surface area is 185 Å². The second kappa shape index (κ2) is 24.9. The highest BCUT2D eigenvalue weighted by Gasteiger charge is 1.91. The van der Waals surface area contributed by atoms with Crippen LogP contribution in [0.4, 0.5) is 0 Å². The summed E-state index contributed by atoms with van der Waals surface area (Å²) in [6.45, 7) is 2.16. The Morgan fingerprint density at radius 1 is 0.533 bits per heavy atom. The van der Waals surface area contributed by atoms with Crippen molar-refractivity contribution in [1.29, 1.82) is 0 Å². The lowest BCUT2D eigenvalue weighted by molar-refractivity contribution is -0.305. The molecule has 0 aromatic rings. The maximum absolute atomic E-state index is 10.3. The predicted molar refractivity (Wildman–Crippen MR) is 130 cm³/mol. The van der Waals surface area contributed by atoms with Gasteiger partial charge < -0.3 is 9.90 Å². The molecule has 2 heteroatoms. The molecule has 2 nitrogen and oxygen atoms in total. The molecule has 0 aliphatic carbocycles. The molecule has 0 radical (unpaired) electrons. The van der Waals surface area contributed by atoms with Crippen molar-refractivity contribution in [2.24, 2.45) is 0 Å². The van der Waals surface area contributed by atoms with Crippen molar-refractivity contribution in [2.75, 3.05) is 0 Å². The zero-order valence-electron chi connectivity index (χ0n) is 19.1. The lowest BCUT2D eigenvalue weighted by atomic mass is 10.1. The topological polar surface area (TPSA) is 40.1 Å². The van der Waals surface area contributed by atoms with Gasteiger partial charge in [0.15, 0.2) is 0 Å². The summed E-state index contributed by atoms with van der Waals surface area (Å²) >= 11 is 0. The summed E-state index contributed by atoms with van der Waals surface area (Å²) in [5, 5.41) is 10.3. The molecule has 30 heavy (non-hydrogen) atoms. The number of carboxylic acids is 1. The normalized spacial score (nSPS) is 12.8. The van der Waals surface area contributed by atoms with E-state index in [1.807, 2.05) is 0 Å². The van der Waals surface area contributed by atoms with Gasteiger partial charge in [-0.3, -0.25) is 0 Å². The van der Waals surface area contributed by atoms with Gasteiger partial charge in [0.1, 0.15) is 0 Å². The summed E-state index contributed by atoms with van der Waals surface area (Å²) in [6, 6.07) is 0. The summed E-state index contributed by atoms with van der Waals surface area (Å²) < 4.78 is 0. The summed E-state index contributed by atoms with van der Waals surface area (Å²) in [6.07, 6.45) is 40.8. The van der Waals surface area contributed by atoms with Crippen molar-refractivity contribution < 1.29 is 9.90 Å². The van der Waals surface area contributed by atoms with Crippen LogP contribution in [0.1, 0.15) is 96.8 Å². The van der Waals surface area contributed by atoms with E-state index >= 15 is 0 Å². The van der Waals surface area contributed by atoms with Gasteiger partial charge in [0.25, 0.3) is 0 Å². The Kier molecular flexibility index (Phi) is 23.2. The number of allylic oxidation sites excluding steroid dienone is 12. The Morgan fingerprint density at radius 3 is 1.33 bits per heavy atom. The van der Waals surface area contributed by atoms with E-state index in [9.17, 15) is 9.90 Å². The third-order valence-corrected chi connectivity index (χ3v) is 4.60. The minimum atomic E-state index is -0.923. The molecule has 0 spiro atoms. The molecule has 0 bridgehead atoms. The van der Waals surface area contributed by atoms with E-state index in [0.717, 1.165) is 64.2 Å². The van der Waals surface area contributed by atoms with E-state index in [0.29, 0.717) is 0 Å². The lowest BCUT2D eigenvalue weighted by Gasteiger charge is -2.01. The first-order chi connectivity index (χ1) is 14.8. The third-order valence-electron chi connectivity index (χ3n) is 4.60. The third kappa shape index (κ3) is 25.9. The molecule has 0 heterocycles. The van der Waals surface area contributed by atoms with Gasteiger partial charge in [-0.15, -0.1) is 0 Å². The largest absolute Gasteiger partial charge is 0.550 e. The minimum absolute atomic E-state index is 0.207. The van der Waals surface area contributed by atoms with Crippen molar-refractivity contribution in [3.05, 3.63) is 72.9 Å². The van der Waals surface area contributed by atoms with Gasteiger partial charge in [0, 0.05) is 5.97 Å². The van der Waals surface area contributed by atoms with Crippen molar-refractivity contribution in [3.8, 4) is 0 Å². The summed E-state index contributed by atoms with van der Waals surface area (Å²) in [5.74, 6) is -0.923. The summed E-state index contributed by atoms with van der Waals surface area (Å²) in [7, 11) is 0. The Balaban J connectivity index is 3.42. The van der Waals surface area contributed by atoms with E-state index in [1.165, 1.54) is 19.3 Å². The number of carboxylic acid groups (broad SMARTS) is 1.